The van der Waals surface area contributed by atoms with Crippen LogP contribution >= 0.6 is 11.3 Å². The van der Waals surface area contributed by atoms with Crippen LogP contribution in [-0.2, 0) is 4.74 Å². The summed E-state index contributed by atoms with van der Waals surface area (Å²) >= 11 is 1.29. The molecule has 2 aromatic rings. The third-order valence-electron chi connectivity index (χ3n) is 4.42. The van der Waals surface area contributed by atoms with Gasteiger partial charge in [-0.15, -0.1) is 5.01 Å². The van der Waals surface area contributed by atoms with E-state index in [4.69, 9.17) is 4.74 Å². The summed E-state index contributed by atoms with van der Waals surface area (Å²) in [6, 6.07) is 7.63. The Balaban J connectivity index is 1.72. The lowest BCUT2D eigenvalue weighted by molar-refractivity contribution is 0.0506. The smallest absolute Gasteiger partial charge is 0.436 e. The molecule has 0 bridgehead atoms. The first kappa shape index (κ1) is 20.5. The third kappa shape index (κ3) is 4.80. The van der Waals surface area contributed by atoms with Crippen LogP contribution in [0.1, 0.15) is 50.8 Å². The van der Waals surface area contributed by atoms with Crippen molar-refractivity contribution in [3.05, 3.63) is 57.8 Å². The number of benzene rings is 1. The van der Waals surface area contributed by atoms with E-state index in [2.05, 4.69) is 5.43 Å². The number of thiophene rings is 1. The average molecular weight is 415 g/mol. The predicted molar refractivity (Wildman–Crippen MR) is 107 cm³/mol. The van der Waals surface area contributed by atoms with Gasteiger partial charge in [-0.2, -0.15) is 11.3 Å². The number of ether oxygens (including phenoxy) is 1. The number of rotatable bonds is 4. The molecule has 2 heterocycles. The number of imide groups is 1. The molecule has 1 N–H and O–H groups in total. The van der Waals surface area contributed by atoms with Crippen molar-refractivity contribution in [3.63, 3.8) is 0 Å². The minimum absolute atomic E-state index is 0.0510. The van der Waals surface area contributed by atoms with Crippen molar-refractivity contribution < 1.29 is 23.9 Å². The molecule has 0 spiro atoms. The number of carbonyl (C=O) groups is 4. The molecule has 0 saturated carbocycles. The van der Waals surface area contributed by atoms with Crippen LogP contribution in [0.3, 0.4) is 0 Å². The first-order valence-corrected chi connectivity index (χ1v) is 10.2. The Morgan fingerprint density at radius 3 is 2.28 bits per heavy atom. The number of hydrazine groups is 1. The van der Waals surface area contributed by atoms with E-state index in [0.29, 0.717) is 10.6 Å². The van der Waals surface area contributed by atoms with Gasteiger partial charge < -0.3 is 9.64 Å². The Morgan fingerprint density at radius 2 is 1.69 bits per heavy atom. The first-order valence-electron chi connectivity index (χ1n) is 9.25. The van der Waals surface area contributed by atoms with E-state index >= 15 is 0 Å². The van der Waals surface area contributed by atoms with Crippen molar-refractivity contribution in [3.8, 4) is 0 Å². The van der Waals surface area contributed by atoms with Crippen LogP contribution in [0.2, 0.25) is 0 Å². The Morgan fingerprint density at radius 1 is 1.03 bits per heavy atom. The van der Waals surface area contributed by atoms with Crippen LogP contribution in [0.25, 0.3) is 0 Å². The van der Waals surface area contributed by atoms with E-state index in [1.807, 2.05) is 0 Å². The highest BCUT2D eigenvalue weighted by Crippen LogP contribution is 2.14. The number of hydrogen-bond donors (Lipinski definition) is 1. The Hall–Kier alpha value is -3.20. The van der Waals surface area contributed by atoms with Crippen molar-refractivity contribution >= 4 is 35.2 Å². The van der Waals surface area contributed by atoms with Gasteiger partial charge in [0.2, 0.25) is 0 Å². The molecule has 3 rings (SSSR count). The fourth-order valence-corrected chi connectivity index (χ4v) is 3.55. The van der Waals surface area contributed by atoms with Crippen LogP contribution < -0.4 is 5.43 Å². The fraction of sp³-hybridized carbons (Fsp3) is 0.300. The fourth-order valence-electron chi connectivity index (χ4n) is 2.92. The minimum Gasteiger partial charge on any atom is -0.448 e. The average Bonchev–Trinajstić information content (AvgIpc) is 3.45. The standard InChI is InChI=1S/C20H21N3O5S/c1-2-28-20(27)23(19(26)16-9-12-29-13-16)21-17(24)14-5-7-15(8-6-14)18(25)22-10-3-4-11-22/h5-9,12-13H,2-4,10-11H2,1H3,(H,21,24). The highest BCUT2D eigenvalue weighted by atomic mass is 32.1. The molecule has 0 unspecified atom stereocenters. The Kier molecular flexibility index (Phi) is 6.61. The van der Waals surface area contributed by atoms with Crippen molar-refractivity contribution in [1.29, 1.82) is 0 Å². The summed E-state index contributed by atoms with van der Waals surface area (Å²) in [5.74, 6) is -1.43. The van der Waals surface area contributed by atoms with Crippen LogP contribution in [0.15, 0.2) is 41.1 Å². The molecular formula is C20H21N3O5S. The highest BCUT2D eigenvalue weighted by Gasteiger charge is 2.27. The van der Waals surface area contributed by atoms with E-state index in [1.54, 1.807) is 40.8 Å². The minimum atomic E-state index is -0.974. The molecule has 152 valence electrons. The van der Waals surface area contributed by atoms with Gasteiger partial charge in [-0.3, -0.25) is 19.8 Å². The summed E-state index contributed by atoms with van der Waals surface area (Å²) in [5.41, 5.74) is 3.24. The van der Waals surface area contributed by atoms with Gasteiger partial charge in [0.1, 0.15) is 0 Å². The van der Waals surface area contributed by atoms with Gasteiger partial charge in [0.25, 0.3) is 17.7 Å². The van der Waals surface area contributed by atoms with Crippen LogP contribution in [0.4, 0.5) is 4.79 Å². The van der Waals surface area contributed by atoms with Crippen LogP contribution in [0.5, 0.6) is 0 Å². The number of amides is 4. The number of nitrogens with zero attached hydrogens (tertiary/aromatic N) is 2. The molecule has 8 nitrogen and oxygen atoms in total. The lowest BCUT2D eigenvalue weighted by Crippen LogP contribution is -2.50. The van der Waals surface area contributed by atoms with Crippen molar-refractivity contribution in [2.75, 3.05) is 19.7 Å². The number of carbonyl (C=O) groups excluding carboxylic acids is 4. The molecule has 1 aliphatic rings. The molecule has 1 aromatic carbocycles. The lowest BCUT2D eigenvalue weighted by Gasteiger charge is -2.20. The molecule has 29 heavy (non-hydrogen) atoms. The van der Waals surface area contributed by atoms with E-state index in [-0.39, 0.29) is 23.6 Å². The third-order valence-corrected chi connectivity index (χ3v) is 5.11. The summed E-state index contributed by atoms with van der Waals surface area (Å²) < 4.78 is 4.87. The SMILES string of the molecule is CCOC(=O)N(NC(=O)c1ccc(C(=O)N2CCCC2)cc1)C(=O)c1ccsc1. The number of likely N-dealkylation sites (tertiary alicyclic amines) is 1. The Bertz CT molecular complexity index is 889. The summed E-state index contributed by atoms with van der Waals surface area (Å²) in [4.78, 5) is 51.4. The predicted octanol–water partition coefficient (Wildman–Crippen LogP) is 2.93. The van der Waals surface area contributed by atoms with Crippen molar-refractivity contribution in [1.82, 2.24) is 15.3 Å². The molecule has 4 amide bonds. The molecule has 0 atom stereocenters. The Labute approximate surface area is 172 Å². The van der Waals surface area contributed by atoms with E-state index in [1.165, 1.54) is 23.5 Å². The zero-order valence-electron chi connectivity index (χ0n) is 15.9. The van der Waals surface area contributed by atoms with E-state index in [0.717, 1.165) is 25.9 Å². The second kappa shape index (κ2) is 9.33. The lowest BCUT2D eigenvalue weighted by atomic mass is 10.1. The second-order valence-electron chi connectivity index (χ2n) is 6.37. The van der Waals surface area contributed by atoms with E-state index < -0.39 is 17.9 Å². The van der Waals surface area contributed by atoms with Gasteiger partial charge >= 0.3 is 6.09 Å². The van der Waals surface area contributed by atoms with Gasteiger partial charge in [-0.05, 0) is 55.5 Å². The van der Waals surface area contributed by atoms with Crippen molar-refractivity contribution in [2.24, 2.45) is 0 Å². The summed E-state index contributed by atoms with van der Waals surface area (Å²) in [6.45, 7) is 3.12. The maximum atomic E-state index is 12.6. The monoisotopic (exact) mass is 415 g/mol. The zero-order valence-corrected chi connectivity index (χ0v) is 16.7. The second-order valence-corrected chi connectivity index (χ2v) is 7.15. The molecule has 1 fully saturated rings. The maximum Gasteiger partial charge on any atom is 0.436 e. The van der Waals surface area contributed by atoms with Gasteiger partial charge in [0.15, 0.2) is 0 Å². The molecule has 9 heteroatoms. The van der Waals surface area contributed by atoms with E-state index in [9.17, 15) is 19.2 Å². The molecule has 0 radical (unpaired) electrons. The first-order chi connectivity index (χ1) is 14.0. The zero-order chi connectivity index (χ0) is 20.8. The van der Waals surface area contributed by atoms with Crippen molar-refractivity contribution in [2.45, 2.75) is 19.8 Å². The summed E-state index contributed by atoms with van der Waals surface area (Å²) in [6.07, 6.45) is 1.01. The summed E-state index contributed by atoms with van der Waals surface area (Å²) in [5, 5.41) is 3.81. The van der Waals surface area contributed by atoms with Gasteiger partial charge in [-0.25, -0.2) is 4.79 Å². The quantitative estimate of drug-likeness (QED) is 0.775. The number of hydrogen-bond acceptors (Lipinski definition) is 6. The molecule has 0 aliphatic carbocycles. The van der Waals surface area contributed by atoms with Crippen LogP contribution in [0, 0.1) is 0 Å². The normalized spacial score (nSPS) is 13.1. The number of nitrogens with one attached hydrogen (secondary N) is 1. The highest BCUT2D eigenvalue weighted by molar-refractivity contribution is 7.08. The van der Waals surface area contributed by atoms with Gasteiger partial charge in [0.05, 0.1) is 12.2 Å². The summed E-state index contributed by atoms with van der Waals surface area (Å²) in [7, 11) is 0. The van der Waals surface area contributed by atoms with Gasteiger partial charge in [-0.1, -0.05) is 0 Å². The maximum absolute atomic E-state index is 12.6. The van der Waals surface area contributed by atoms with Crippen LogP contribution in [-0.4, -0.2) is 53.4 Å². The molecule has 1 saturated heterocycles. The largest absolute Gasteiger partial charge is 0.448 e. The topological polar surface area (TPSA) is 96.0 Å². The molecule has 1 aromatic heterocycles. The molecule has 1 aliphatic heterocycles. The van der Waals surface area contributed by atoms with Gasteiger partial charge in [0, 0.05) is 29.6 Å². The molecular weight excluding hydrogens is 394 g/mol.